The molecule has 110 valence electrons. The van der Waals surface area contributed by atoms with Crippen LogP contribution in [0, 0.1) is 13.8 Å². The molecule has 1 amide bonds. The van der Waals surface area contributed by atoms with Gasteiger partial charge in [-0.25, -0.2) is 0 Å². The van der Waals surface area contributed by atoms with E-state index in [-0.39, 0.29) is 5.91 Å². The van der Waals surface area contributed by atoms with Gasteiger partial charge in [0.25, 0.3) is 5.91 Å². The van der Waals surface area contributed by atoms with E-state index in [0.717, 1.165) is 22.3 Å². The van der Waals surface area contributed by atoms with Crippen LogP contribution in [0.25, 0.3) is 0 Å². The Morgan fingerprint density at radius 2 is 1.81 bits per heavy atom. The first-order valence-corrected chi connectivity index (χ1v) is 8.10. The van der Waals surface area contributed by atoms with Crippen molar-refractivity contribution in [3.63, 3.8) is 0 Å². The van der Waals surface area contributed by atoms with Crippen LogP contribution < -0.4 is 5.32 Å². The zero-order chi connectivity index (χ0) is 15.5. The third-order valence-electron chi connectivity index (χ3n) is 3.69. The minimum Gasteiger partial charge on any atom is -0.342 e. The number of carbonyl (C=O) groups excluding carboxylic acids is 1. The first-order chi connectivity index (χ1) is 9.96. The molecule has 2 aromatic rings. The number of hydrogen-bond donors (Lipinski definition) is 1. The first kappa shape index (κ1) is 15.8. The molecule has 21 heavy (non-hydrogen) atoms. The second kappa shape index (κ2) is 6.44. The molecule has 0 saturated heterocycles. The van der Waals surface area contributed by atoms with Gasteiger partial charge in [0.1, 0.15) is 0 Å². The lowest BCUT2D eigenvalue weighted by Crippen LogP contribution is -2.45. The molecule has 1 unspecified atom stereocenters. The minimum atomic E-state index is -0.435. The lowest BCUT2D eigenvalue weighted by Gasteiger charge is -2.30. The highest BCUT2D eigenvalue weighted by atomic mass is 79.9. The van der Waals surface area contributed by atoms with Crippen molar-refractivity contribution in [3.05, 3.63) is 70.8 Å². The van der Waals surface area contributed by atoms with Crippen molar-refractivity contribution in [2.45, 2.75) is 26.3 Å². The molecular formula is C18H20BrNO. The van der Waals surface area contributed by atoms with E-state index in [1.807, 2.05) is 69.3 Å². The lowest BCUT2D eigenvalue weighted by atomic mass is 9.93. The van der Waals surface area contributed by atoms with Crippen LogP contribution in [0.15, 0.2) is 48.5 Å². The lowest BCUT2D eigenvalue weighted by molar-refractivity contribution is 0.0913. The molecule has 0 radical (unpaired) electrons. The van der Waals surface area contributed by atoms with Gasteiger partial charge >= 0.3 is 0 Å². The predicted octanol–water partition coefficient (Wildman–Crippen LogP) is 4.34. The third-order valence-corrected chi connectivity index (χ3v) is 4.82. The van der Waals surface area contributed by atoms with Crippen molar-refractivity contribution in [3.8, 4) is 0 Å². The summed E-state index contributed by atoms with van der Waals surface area (Å²) in [6.07, 6.45) is 0. The quantitative estimate of drug-likeness (QED) is 0.820. The van der Waals surface area contributed by atoms with Crippen LogP contribution in [0.2, 0.25) is 0 Å². The standard InChI is InChI=1S/C18H20BrNO/c1-13-9-10-16(14(2)11-13)17(21)20-18(3,12-19)15-7-5-4-6-8-15/h4-11H,12H2,1-3H3,(H,20,21). The fourth-order valence-electron chi connectivity index (χ4n) is 2.38. The van der Waals surface area contributed by atoms with Crippen LogP contribution in [0.5, 0.6) is 0 Å². The van der Waals surface area contributed by atoms with Crippen LogP contribution in [-0.4, -0.2) is 11.2 Å². The number of rotatable bonds is 4. The highest BCUT2D eigenvalue weighted by Crippen LogP contribution is 2.24. The molecule has 2 rings (SSSR count). The molecule has 0 fully saturated rings. The second-order valence-electron chi connectivity index (χ2n) is 5.60. The summed E-state index contributed by atoms with van der Waals surface area (Å²) < 4.78 is 0. The highest BCUT2D eigenvalue weighted by Gasteiger charge is 2.28. The van der Waals surface area contributed by atoms with Crippen molar-refractivity contribution >= 4 is 21.8 Å². The molecule has 0 aliphatic heterocycles. The van der Waals surface area contributed by atoms with Crippen LogP contribution >= 0.6 is 15.9 Å². The molecule has 1 atom stereocenters. The van der Waals surface area contributed by atoms with Gasteiger partial charge in [-0.2, -0.15) is 0 Å². The van der Waals surface area contributed by atoms with Crippen molar-refractivity contribution in [2.24, 2.45) is 0 Å². The zero-order valence-corrected chi connectivity index (χ0v) is 14.2. The summed E-state index contributed by atoms with van der Waals surface area (Å²) in [4.78, 5) is 12.6. The summed E-state index contributed by atoms with van der Waals surface area (Å²) in [7, 11) is 0. The van der Waals surface area contributed by atoms with Crippen LogP contribution in [0.3, 0.4) is 0 Å². The van der Waals surface area contributed by atoms with Gasteiger partial charge in [-0.3, -0.25) is 4.79 Å². The maximum absolute atomic E-state index is 12.6. The van der Waals surface area contributed by atoms with E-state index >= 15 is 0 Å². The number of nitrogens with one attached hydrogen (secondary N) is 1. The number of hydrogen-bond acceptors (Lipinski definition) is 1. The minimum absolute atomic E-state index is 0.0432. The maximum Gasteiger partial charge on any atom is 0.252 e. The molecule has 0 aliphatic rings. The molecule has 0 heterocycles. The number of aryl methyl sites for hydroxylation is 2. The number of alkyl halides is 1. The summed E-state index contributed by atoms with van der Waals surface area (Å²) in [5.41, 5.74) is 3.53. The van der Waals surface area contributed by atoms with E-state index in [9.17, 15) is 4.79 Å². The van der Waals surface area contributed by atoms with E-state index in [1.165, 1.54) is 0 Å². The van der Waals surface area contributed by atoms with Gasteiger partial charge in [0, 0.05) is 10.9 Å². The van der Waals surface area contributed by atoms with E-state index in [0.29, 0.717) is 5.33 Å². The van der Waals surface area contributed by atoms with Gasteiger partial charge in [0.15, 0.2) is 0 Å². The van der Waals surface area contributed by atoms with Gasteiger partial charge in [0.2, 0.25) is 0 Å². The van der Waals surface area contributed by atoms with Crippen molar-refractivity contribution in [2.75, 3.05) is 5.33 Å². The number of benzene rings is 2. The smallest absolute Gasteiger partial charge is 0.252 e. The molecule has 0 saturated carbocycles. The van der Waals surface area contributed by atoms with Gasteiger partial charge < -0.3 is 5.32 Å². The van der Waals surface area contributed by atoms with Crippen molar-refractivity contribution in [1.82, 2.24) is 5.32 Å². The van der Waals surface area contributed by atoms with Gasteiger partial charge in [-0.05, 0) is 38.0 Å². The molecular weight excluding hydrogens is 326 g/mol. The molecule has 0 aromatic heterocycles. The highest BCUT2D eigenvalue weighted by molar-refractivity contribution is 9.09. The summed E-state index contributed by atoms with van der Waals surface area (Å²) in [6.45, 7) is 6.02. The maximum atomic E-state index is 12.6. The van der Waals surface area contributed by atoms with Crippen LogP contribution in [0.4, 0.5) is 0 Å². The predicted molar refractivity (Wildman–Crippen MR) is 91.0 cm³/mol. The Kier molecular flexibility index (Phi) is 4.84. The number of amides is 1. The SMILES string of the molecule is Cc1ccc(C(=O)NC(C)(CBr)c2ccccc2)c(C)c1. The monoisotopic (exact) mass is 345 g/mol. The van der Waals surface area contributed by atoms with E-state index in [2.05, 4.69) is 21.2 Å². The largest absolute Gasteiger partial charge is 0.342 e. The third kappa shape index (κ3) is 3.53. The average molecular weight is 346 g/mol. The van der Waals surface area contributed by atoms with Gasteiger partial charge in [-0.15, -0.1) is 0 Å². The number of carbonyl (C=O) groups is 1. The fraction of sp³-hybridized carbons (Fsp3) is 0.278. The Bertz CT molecular complexity index is 639. The van der Waals surface area contributed by atoms with Gasteiger partial charge in [0.05, 0.1) is 5.54 Å². The van der Waals surface area contributed by atoms with Crippen molar-refractivity contribution < 1.29 is 4.79 Å². The Morgan fingerprint density at radius 1 is 1.14 bits per heavy atom. The van der Waals surface area contributed by atoms with Gasteiger partial charge in [-0.1, -0.05) is 64.0 Å². The van der Waals surface area contributed by atoms with E-state index in [1.54, 1.807) is 0 Å². The molecule has 0 aliphatic carbocycles. The average Bonchev–Trinajstić information content (AvgIpc) is 2.47. The Balaban J connectivity index is 2.28. The summed E-state index contributed by atoms with van der Waals surface area (Å²) in [5.74, 6) is -0.0432. The fourth-order valence-corrected chi connectivity index (χ4v) is 2.84. The molecule has 3 heteroatoms. The summed E-state index contributed by atoms with van der Waals surface area (Å²) in [5, 5.41) is 3.80. The van der Waals surface area contributed by atoms with E-state index in [4.69, 9.17) is 0 Å². The molecule has 0 spiro atoms. The van der Waals surface area contributed by atoms with Crippen molar-refractivity contribution in [1.29, 1.82) is 0 Å². The molecule has 0 bridgehead atoms. The zero-order valence-electron chi connectivity index (χ0n) is 12.6. The number of halogens is 1. The van der Waals surface area contributed by atoms with Crippen LogP contribution in [-0.2, 0) is 5.54 Å². The Labute approximate surface area is 134 Å². The molecule has 2 aromatic carbocycles. The Hall–Kier alpha value is -1.61. The molecule has 2 nitrogen and oxygen atoms in total. The second-order valence-corrected chi connectivity index (χ2v) is 6.16. The first-order valence-electron chi connectivity index (χ1n) is 6.97. The Morgan fingerprint density at radius 3 is 2.38 bits per heavy atom. The van der Waals surface area contributed by atoms with Crippen LogP contribution in [0.1, 0.15) is 34.0 Å². The summed E-state index contributed by atoms with van der Waals surface area (Å²) >= 11 is 3.53. The van der Waals surface area contributed by atoms with E-state index < -0.39 is 5.54 Å². The topological polar surface area (TPSA) is 29.1 Å². The molecule has 1 N–H and O–H groups in total. The normalized spacial score (nSPS) is 13.5. The summed E-state index contributed by atoms with van der Waals surface area (Å²) in [6, 6.07) is 15.9.